The first kappa shape index (κ1) is 13.2. The minimum absolute atomic E-state index is 0.0738. The van der Waals surface area contributed by atoms with Crippen molar-refractivity contribution in [3.63, 3.8) is 0 Å². The average Bonchev–Trinajstić information content (AvgIpc) is 2.16. The van der Waals surface area contributed by atoms with Gasteiger partial charge in [-0.15, -0.1) is 0 Å². The third-order valence-electron chi connectivity index (χ3n) is 2.35. The summed E-state index contributed by atoms with van der Waals surface area (Å²) >= 11 is 3.38. The number of halogens is 1. The monoisotopic (exact) mass is 285 g/mol. The molecule has 0 radical (unpaired) electrons. The predicted molar refractivity (Wildman–Crippen MR) is 67.2 cm³/mol. The van der Waals surface area contributed by atoms with E-state index in [1.807, 2.05) is 38.1 Å². The zero-order valence-corrected chi connectivity index (χ0v) is 11.0. The van der Waals surface area contributed by atoms with Crippen LogP contribution in [0.4, 0.5) is 0 Å². The Labute approximate surface area is 104 Å². The van der Waals surface area contributed by atoms with Gasteiger partial charge in [-0.25, -0.2) is 0 Å². The lowest BCUT2D eigenvalue weighted by molar-refractivity contribution is -0.140. The summed E-state index contributed by atoms with van der Waals surface area (Å²) in [5.74, 6) is -0.727. The fraction of sp³-hybridized carbons (Fsp3) is 0.417. The van der Waals surface area contributed by atoms with Gasteiger partial charge < -0.3 is 10.4 Å². The maximum absolute atomic E-state index is 11.0. The molecule has 4 heteroatoms. The second kappa shape index (κ2) is 6.01. The van der Waals surface area contributed by atoms with Crippen LogP contribution >= 0.6 is 15.9 Å². The molecule has 0 saturated carbocycles. The number of carbonyl (C=O) groups is 1. The summed E-state index contributed by atoms with van der Waals surface area (Å²) in [5, 5.41) is 12.0. The van der Waals surface area contributed by atoms with E-state index >= 15 is 0 Å². The van der Waals surface area contributed by atoms with E-state index < -0.39 is 12.0 Å². The number of aliphatic carboxylic acids is 1. The van der Waals surface area contributed by atoms with Crippen molar-refractivity contribution < 1.29 is 9.90 Å². The second-order valence-corrected chi connectivity index (χ2v) is 4.99. The van der Waals surface area contributed by atoms with Crippen LogP contribution in [0.2, 0.25) is 0 Å². The molecular weight excluding hydrogens is 270 g/mol. The fourth-order valence-electron chi connectivity index (χ4n) is 1.48. The van der Waals surface area contributed by atoms with Crippen molar-refractivity contribution in [2.75, 3.05) is 0 Å². The number of carboxylic acids is 1. The van der Waals surface area contributed by atoms with E-state index in [2.05, 4.69) is 21.2 Å². The summed E-state index contributed by atoms with van der Waals surface area (Å²) in [5.41, 5.74) is 1.07. The van der Waals surface area contributed by atoms with Crippen LogP contribution in [0.1, 0.15) is 19.4 Å². The quantitative estimate of drug-likeness (QED) is 0.875. The van der Waals surface area contributed by atoms with Gasteiger partial charge >= 0.3 is 5.97 Å². The molecule has 1 atom stereocenters. The van der Waals surface area contributed by atoms with Gasteiger partial charge in [-0.2, -0.15) is 0 Å². The van der Waals surface area contributed by atoms with Gasteiger partial charge in [0, 0.05) is 11.0 Å². The summed E-state index contributed by atoms with van der Waals surface area (Å²) in [6, 6.07) is 7.33. The Kier molecular flexibility index (Phi) is 4.96. The smallest absolute Gasteiger partial charge is 0.320 e. The molecule has 1 aromatic carbocycles. The van der Waals surface area contributed by atoms with Crippen molar-refractivity contribution in [2.45, 2.75) is 26.4 Å². The van der Waals surface area contributed by atoms with Gasteiger partial charge in [-0.1, -0.05) is 41.9 Å². The van der Waals surface area contributed by atoms with E-state index in [1.54, 1.807) is 0 Å². The molecule has 0 spiro atoms. The van der Waals surface area contributed by atoms with Gasteiger partial charge in [0.25, 0.3) is 0 Å². The molecule has 0 aliphatic heterocycles. The van der Waals surface area contributed by atoms with Gasteiger partial charge in [-0.3, -0.25) is 4.79 Å². The number of nitrogens with one attached hydrogen (secondary N) is 1. The van der Waals surface area contributed by atoms with E-state index in [-0.39, 0.29) is 5.92 Å². The first-order valence-electron chi connectivity index (χ1n) is 5.21. The average molecular weight is 286 g/mol. The highest BCUT2D eigenvalue weighted by Crippen LogP contribution is 2.12. The normalized spacial score (nSPS) is 12.8. The van der Waals surface area contributed by atoms with Crippen LogP contribution in [0, 0.1) is 5.92 Å². The van der Waals surface area contributed by atoms with E-state index in [0.717, 1.165) is 10.0 Å². The third-order valence-corrected chi connectivity index (χ3v) is 2.84. The van der Waals surface area contributed by atoms with Gasteiger partial charge in [0.2, 0.25) is 0 Å². The van der Waals surface area contributed by atoms with Crippen LogP contribution in [0.25, 0.3) is 0 Å². The summed E-state index contributed by atoms with van der Waals surface area (Å²) in [4.78, 5) is 11.0. The minimum Gasteiger partial charge on any atom is -0.480 e. The highest BCUT2D eigenvalue weighted by atomic mass is 79.9. The Bertz CT molecular complexity index is 366. The van der Waals surface area contributed by atoms with Crippen molar-refractivity contribution in [3.05, 3.63) is 34.3 Å². The molecule has 0 unspecified atom stereocenters. The first-order chi connectivity index (χ1) is 7.50. The Hall–Kier alpha value is -0.870. The zero-order chi connectivity index (χ0) is 12.1. The maximum Gasteiger partial charge on any atom is 0.320 e. The lowest BCUT2D eigenvalue weighted by Crippen LogP contribution is -2.40. The molecule has 0 amide bonds. The van der Waals surface area contributed by atoms with Crippen LogP contribution in [-0.2, 0) is 11.3 Å². The molecule has 0 bridgehead atoms. The van der Waals surface area contributed by atoms with E-state index in [4.69, 9.17) is 5.11 Å². The Balaban J connectivity index is 2.59. The second-order valence-electron chi connectivity index (χ2n) is 4.07. The van der Waals surface area contributed by atoms with Crippen LogP contribution in [0.5, 0.6) is 0 Å². The first-order valence-corrected chi connectivity index (χ1v) is 6.00. The van der Waals surface area contributed by atoms with Crippen molar-refractivity contribution in [1.29, 1.82) is 0 Å². The van der Waals surface area contributed by atoms with E-state index in [1.165, 1.54) is 0 Å². The van der Waals surface area contributed by atoms with E-state index in [9.17, 15) is 4.79 Å². The number of hydrogen-bond donors (Lipinski definition) is 2. The molecule has 0 saturated heterocycles. The zero-order valence-electron chi connectivity index (χ0n) is 9.40. The molecule has 0 aromatic heterocycles. The third kappa shape index (κ3) is 3.94. The standard InChI is InChI=1S/C12H16BrNO2/c1-8(2)11(12(15)16)14-7-9-4-3-5-10(13)6-9/h3-6,8,11,14H,7H2,1-2H3,(H,15,16)/t11-/m1/s1. The molecule has 2 N–H and O–H groups in total. The maximum atomic E-state index is 11.0. The molecule has 16 heavy (non-hydrogen) atoms. The lowest BCUT2D eigenvalue weighted by atomic mass is 10.0. The summed E-state index contributed by atoms with van der Waals surface area (Å²) < 4.78 is 1.00. The molecule has 0 aliphatic rings. The molecular formula is C12H16BrNO2. The number of benzene rings is 1. The molecule has 3 nitrogen and oxygen atoms in total. The summed E-state index contributed by atoms with van der Waals surface area (Å²) in [6.07, 6.45) is 0. The Morgan fingerprint density at radius 3 is 2.69 bits per heavy atom. The van der Waals surface area contributed by atoms with Crippen molar-refractivity contribution >= 4 is 21.9 Å². The van der Waals surface area contributed by atoms with E-state index in [0.29, 0.717) is 6.54 Å². The van der Waals surface area contributed by atoms with Crippen LogP contribution < -0.4 is 5.32 Å². The van der Waals surface area contributed by atoms with Crippen molar-refractivity contribution in [1.82, 2.24) is 5.32 Å². The largest absolute Gasteiger partial charge is 0.480 e. The van der Waals surface area contributed by atoms with Gasteiger partial charge in [-0.05, 0) is 23.6 Å². The van der Waals surface area contributed by atoms with Crippen molar-refractivity contribution in [3.8, 4) is 0 Å². The van der Waals surface area contributed by atoms with Crippen LogP contribution in [0.3, 0.4) is 0 Å². The molecule has 0 aliphatic carbocycles. The SMILES string of the molecule is CC(C)[C@@H](NCc1cccc(Br)c1)C(=O)O. The minimum atomic E-state index is -0.801. The fourth-order valence-corrected chi connectivity index (χ4v) is 1.93. The topological polar surface area (TPSA) is 49.3 Å². The lowest BCUT2D eigenvalue weighted by Gasteiger charge is -2.17. The molecule has 1 rings (SSSR count). The molecule has 88 valence electrons. The highest BCUT2D eigenvalue weighted by molar-refractivity contribution is 9.10. The molecule has 0 heterocycles. The van der Waals surface area contributed by atoms with Crippen molar-refractivity contribution in [2.24, 2.45) is 5.92 Å². The Morgan fingerprint density at radius 2 is 2.19 bits per heavy atom. The highest BCUT2D eigenvalue weighted by Gasteiger charge is 2.20. The van der Waals surface area contributed by atoms with Gasteiger partial charge in [0.1, 0.15) is 6.04 Å². The number of rotatable bonds is 5. The summed E-state index contributed by atoms with van der Waals surface area (Å²) in [6.45, 7) is 4.36. The molecule has 0 fully saturated rings. The van der Waals surface area contributed by atoms with Crippen LogP contribution in [-0.4, -0.2) is 17.1 Å². The summed E-state index contributed by atoms with van der Waals surface area (Å²) in [7, 11) is 0. The number of hydrogen-bond acceptors (Lipinski definition) is 2. The number of carboxylic acid groups (broad SMARTS) is 1. The van der Waals surface area contributed by atoms with Crippen LogP contribution in [0.15, 0.2) is 28.7 Å². The van der Waals surface area contributed by atoms with Gasteiger partial charge in [0.05, 0.1) is 0 Å². The molecule has 1 aromatic rings. The van der Waals surface area contributed by atoms with Gasteiger partial charge in [0.15, 0.2) is 0 Å². The Morgan fingerprint density at radius 1 is 1.50 bits per heavy atom. The predicted octanol–water partition coefficient (Wildman–Crippen LogP) is 2.65.